The molecule has 0 aliphatic carbocycles. The molecule has 14 heavy (non-hydrogen) atoms. The van der Waals surface area contributed by atoms with Crippen molar-refractivity contribution in [2.24, 2.45) is 5.41 Å². The first kappa shape index (κ1) is 11.4. The van der Waals surface area contributed by atoms with Crippen LogP contribution >= 0.6 is 12.6 Å². The molecule has 0 radical (unpaired) electrons. The zero-order valence-electron chi connectivity index (χ0n) is 8.66. The van der Waals surface area contributed by atoms with E-state index in [4.69, 9.17) is 5.26 Å². The van der Waals surface area contributed by atoms with Gasteiger partial charge in [0.25, 0.3) is 0 Å². The summed E-state index contributed by atoms with van der Waals surface area (Å²) < 4.78 is 0. The smallest absolute Gasteiger partial charge is 0.235 e. The zero-order valence-corrected chi connectivity index (χ0v) is 9.55. The predicted octanol–water partition coefficient (Wildman–Crippen LogP) is 1.46. The van der Waals surface area contributed by atoms with Crippen molar-refractivity contribution >= 4 is 18.5 Å². The summed E-state index contributed by atoms with van der Waals surface area (Å²) in [5.41, 5.74) is -0.350. The molecular weight excluding hydrogens is 196 g/mol. The van der Waals surface area contributed by atoms with Gasteiger partial charge in [-0.15, -0.1) is 0 Å². The van der Waals surface area contributed by atoms with E-state index in [1.165, 1.54) is 0 Å². The number of likely N-dealkylation sites (tertiary alicyclic amines) is 1. The topological polar surface area (TPSA) is 44.1 Å². The Labute approximate surface area is 90.5 Å². The second kappa shape index (κ2) is 4.22. The molecular formula is C10H16N2OS. The van der Waals surface area contributed by atoms with Gasteiger partial charge in [-0.25, -0.2) is 0 Å². The summed E-state index contributed by atoms with van der Waals surface area (Å²) in [7, 11) is 0. The van der Waals surface area contributed by atoms with Crippen molar-refractivity contribution in [3.63, 3.8) is 0 Å². The Morgan fingerprint density at radius 3 is 2.86 bits per heavy atom. The van der Waals surface area contributed by atoms with Crippen LogP contribution in [0.2, 0.25) is 0 Å². The van der Waals surface area contributed by atoms with E-state index in [0.29, 0.717) is 13.1 Å². The third-order valence-corrected chi connectivity index (χ3v) is 3.31. The van der Waals surface area contributed by atoms with Crippen LogP contribution in [0.4, 0.5) is 0 Å². The van der Waals surface area contributed by atoms with Gasteiger partial charge < -0.3 is 4.90 Å². The van der Waals surface area contributed by atoms with Crippen LogP contribution in [0.3, 0.4) is 0 Å². The predicted molar refractivity (Wildman–Crippen MR) is 58.0 cm³/mol. The van der Waals surface area contributed by atoms with Gasteiger partial charge in [-0.05, 0) is 19.8 Å². The summed E-state index contributed by atoms with van der Waals surface area (Å²) in [6.45, 7) is 5.09. The molecule has 2 atom stereocenters. The summed E-state index contributed by atoms with van der Waals surface area (Å²) in [5.74, 6) is 0.0646. The highest BCUT2D eigenvalue weighted by molar-refractivity contribution is 7.81. The second-order valence-electron chi connectivity index (χ2n) is 4.11. The van der Waals surface area contributed by atoms with Crippen LogP contribution in [0.1, 0.15) is 26.7 Å². The van der Waals surface area contributed by atoms with Gasteiger partial charge >= 0.3 is 0 Å². The van der Waals surface area contributed by atoms with E-state index >= 15 is 0 Å². The lowest BCUT2D eigenvalue weighted by Gasteiger charge is -2.20. The minimum atomic E-state index is -0.350. The molecule has 0 saturated carbocycles. The Morgan fingerprint density at radius 2 is 2.43 bits per heavy atom. The van der Waals surface area contributed by atoms with E-state index in [-0.39, 0.29) is 16.6 Å². The van der Waals surface area contributed by atoms with Crippen LogP contribution in [0.5, 0.6) is 0 Å². The lowest BCUT2D eigenvalue weighted by atomic mass is 9.92. The van der Waals surface area contributed by atoms with E-state index in [0.717, 1.165) is 12.8 Å². The van der Waals surface area contributed by atoms with Gasteiger partial charge in [0.1, 0.15) is 0 Å². The molecule has 1 aliphatic heterocycles. The highest BCUT2D eigenvalue weighted by atomic mass is 32.1. The molecule has 0 bridgehead atoms. The van der Waals surface area contributed by atoms with Crippen molar-refractivity contribution in [3.8, 4) is 6.07 Å². The lowest BCUT2D eigenvalue weighted by Crippen LogP contribution is -2.36. The second-order valence-corrected chi connectivity index (χ2v) is 4.73. The zero-order chi connectivity index (χ0) is 10.8. The fraction of sp³-hybridized carbons (Fsp3) is 0.800. The molecule has 78 valence electrons. The number of carbonyl (C=O) groups is 1. The molecule has 1 amide bonds. The van der Waals surface area contributed by atoms with Crippen LogP contribution in [0, 0.1) is 16.7 Å². The quantitative estimate of drug-likeness (QED) is 0.704. The van der Waals surface area contributed by atoms with Crippen molar-refractivity contribution < 1.29 is 4.79 Å². The molecule has 2 unspecified atom stereocenters. The number of hydrogen-bond donors (Lipinski definition) is 1. The number of nitrogens with zero attached hydrogens (tertiary/aromatic N) is 2. The number of hydrogen-bond acceptors (Lipinski definition) is 3. The van der Waals surface area contributed by atoms with Gasteiger partial charge in [-0.1, -0.05) is 6.92 Å². The molecule has 1 rings (SSSR count). The van der Waals surface area contributed by atoms with Crippen molar-refractivity contribution in [3.05, 3.63) is 0 Å². The SMILES string of the molecule is CCC(S)C(=O)N1CCC(C)(C#N)C1. The van der Waals surface area contributed by atoms with Crippen molar-refractivity contribution in [1.29, 1.82) is 5.26 Å². The number of carbonyl (C=O) groups excluding carboxylic acids is 1. The first-order chi connectivity index (χ1) is 6.52. The van der Waals surface area contributed by atoms with Gasteiger partial charge in [-0.2, -0.15) is 17.9 Å². The molecule has 4 heteroatoms. The number of thiol groups is 1. The van der Waals surface area contributed by atoms with E-state index in [9.17, 15) is 4.79 Å². The monoisotopic (exact) mass is 212 g/mol. The number of amides is 1. The third kappa shape index (κ3) is 2.21. The van der Waals surface area contributed by atoms with Gasteiger partial charge in [0.15, 0.2) is 0 Å². The average molecular weight is 212 g/mol. The fourth-order valence-corrected chi connectivity index (χ4v) is 1.79. The van der Waals surface area contributed by atoms with Crippen molar-refractivity contribution in [2.75, 3.05) is 13.1 Å². The highest BCUT2D eigenvalue weighted by Gasteiger charge is 2.37. The molecule has 0 aromatic rings. The minimum absolute atomic E-state index is 0.0646. The summed E-state index contributed by atoms with van der Waals surface area (Å²) in [6, 6.07) is 2.26. The molecule has 3 nitrogen and oxygen atoms in total. The van der Waals surface area contributed by atoms with Crippen LogP contribution in [-0.2, 0) is 4.79 Å². The fourth-order valence-electron chi connectivity index (χ4n) is 1.63. The minimum Gasteiger partial charge on any atom is -0.340 e. The first-order valence-corrected chi connectivity index (χ1v) is 5.42. The number of rotatable bonds is 2. The Bertz CT molecular complexity index is 274. The third-order valence-electron chi connectivity index (χ3n) is 2.73. The molecule has 0 N–H and O–H groups in total. The van der Waals surface area contributed by atoms with Crippen molar-refractivity contribution in [1.82, 2.24) is 4.90 Å². The normalized spacial score (nSPS) is 28.6. The maximum Gasteiger partial charge on any atom is 0.235 e. The molecule has 1 saturated heterocycles. The summed E-state index contributed by atoms with van der Waals surface area (Å²) in [4.78, 5) is 13.5. The largest absolute Gasteiger partial charge is 0.340 e. The summed E-state index contributed by atoms with van der Waals surface area (Å²) in [5, 5.41) is 8.70. The maximum atomic E-state index is 11.7. The van der Waals surface area contributed by atoms with E-state index in [1.54, 1.807) is 4.90 Å². The Hall–Kier alpha value is -0.690. The summed E-state index contributed by atoms with van der Waals surface area (Å²) in [6.07, 6.45) is 1.52. The first-order valence-electron chi connectivity index (χ1n) is 4.90. The van der Waals surface area contributed by atoms with E-state index < -0.39 is 0 Å². The van der Waals surface area contributed by atoms with E-state index in [1.807, 2.05) is 13.8 Å². The van der Waals surface area contributed by atoms with Crippen molar-refractivity contribution in [2.45, 2.75) is 31.9 Å². The molecule has 1 aliphatic rings. The summed E-state index contributed by atoms with van der Waals surface area (Å²) >= 11 is 4.21. The molecule has 1 fully saturated rings. The van der Waals surface area contributed by atoms with Crippen LogP contribution in [-0.4, -0.2) is 29.1 Å². The Morgan fingerprint density at radius 1 is 1.79 bits per heavy atom. The van der Waals surface area contributed by atoms with Crippen LogP contribution in [0.25, 0.3) is 0 Å². The van der Waals surface area contributed by atoms with E-state index in [2.05, 4.69) is 18.7 Å². The molecule has 0 aromatic carbocycles. The molecule has 0 aromatic heterocycles. The van der Waals surface area contributed by atoms with Crippen LogP contribution in [0.15, 0.2) is 0 Å². The standard InChI is InChI=1S/C10H16N2OS/c1-3-8(14)9(13)12-5-4-10(2,6-11)7-12/h8,14H,3-5,7H2,1-2H3. The average Bonchev–Trinajstić information content (AvgIpc) is 2.59. The number of nitriles is 1. The Kier molecular flexibility index (Phi) is 3.43. The van der Waals surface area contributed by atoms with Gasteiger partial charge in [-0.3, -0.25) is 4.79 Å². The molecule has 0 spiro atoms. The Balaban J connectivity index is 2.59. The van der Waals surface area contributed by atoms with Gasteiger partial charge in [0.05, 0.1) is 16.7 Å². The van der Waals surface area contributed by atoms with Gasteiger partial charge in [0.2, 0.25) is 5.91 Å². The highest BCUT2D eigenvalue weighted by Crippen LogP contribution is 2.29. The molecule has 1 heterocycles. The maximum absolute atomic E-state index is 11.7. The van der Waals surface area contributed by atoms with Crippen LogP contribution < -0.4 is 0 Å². The lowest BCUT2D eigenvalue weighted by molar-refractivity contribution is -0.129. The van der Waals surface area contributed by atoms with Gasteiger partial charge in [0, 0.05) is 13.1 Å².